The number of hydrogen-bond donors (Lipinski definition) is 0. The molecule has 0 heterocycles. The second-order valence-corrected chi connectivity index (χ2v) is 7.39. The molecular weight excluding hydrogens is 329 g/mol. The molecule has 0 aliphatic heterocycles. The van der Waals surface area contributed by atoms with Crippen molar-refractivity contribution in [3.63, 3.8) is 0 Å². The molecule has 1 rings (SSSR count). The number of halogens is 2. The monoisotopic (exact) mass is 341 g/mol. The standard InChI is InChI=1S/C11H13Cl2NO5S/c1-2-8(7-20(13,17)18)6-19-11-5-9(14(15)16)3-4-10(11)12/h3-5,8H,2,6-7H2,1H3. The van der Waals surface area contributed by atoms with Gasteiger partial charge >= 0.3 is 0 Å². The minimum Gasteiger partial charge on any atom is -0.491 e. The number of non-ortho nitro benzene ring substituents is 1. The van der Waals surface area contributed by atoms with Crippen LogP contribution in [-0.4, -0.2) is 25.7 Å². The molecule has 0 radical (unpaired) electrons. The van der Waals surface area contributed by atoms with E-state index in [9.17, 15) is 18.5 Å². The molecule has 0 aliphatic carbocycles. The van der Waals surface area contributed by atoms with Crippen molar-refractivity contribution < 1.29 is 18.1 Å². The van der Waals surface area contributed by atoms with Crippen LogP contribution in [0.4, 0.5) is 5.69 Å². The summed E-state index contributed by atoms with van der Waals surface area (Å²) in [6.07, 6.45) is 0.540. The molecule has 1 unspecified atom stereocenters. The molecule has 0 aliphatic rings. The Morgan fingerprint density at radius 2 is 2.10 bits per heavy atom. The Kier molecular flexibility index (Phi) is 6.04. The maximum Gasteiger partial charge on any atom is 0.273 e. The molecule has 6 nitrogen and oxygen atoms in total. The summed E-state index contributed by atoms with van der Waals surface area (Å²) < 4.78 is 27.4. The number of nitrogens with zero attached hydrogens (tertiary/aromatic N) is 1. The van der Waals surface area contributed by atoms with Gasteiger partial charge in [0, 0.05) is 22.7 Å². The van der Waals surface area contributed by atoms with Gasteiger partial charge in [-0.05, 0) is 12.5 Å². The van der Waals surface area contributed by atoms with E-state index in [1.807, 2.05) is 0 Å². The van der Waals surface area contributed by atoms with E-state index in [1.165, 1.54) is 18.2 Å². The van der Waals surface area contributed by atoms with Gasteiger partial charge < -0.3 is 4.74 Å². The Balaban J connectivity index is 2.77. The summed E-state index contributed by atoms with van der Waals surface area (Å²) in [6, 6.07) is 3.81. The van der Waals surface area contributed by atoms with Crippen LogP contribution >= 0.6 is 22.3 Å². The van der Waals surface area contributed by atoms with Crippen molar-refractivity contribution in [1.29, 1.82) is 0 Å². The summed E-state index contributed by atoms with van der Waals surface area (Å²) in [5, 5.41) is 10.9. The average molecular weight is 342 g/mol. The minimum atomic E-state index is -3.62. The second-order valence-electron chi connectivity index (χ2n) is 4.16. The lowest BCUT2D eigenvalue weighted by Crippen LogP contribution is -2.19. The molecule has 0 spiro atoms. The van der Waals surface area contributed by atoms with Crippen molar-refractivity contribution in [2.75, 3.05) is 12.4 Å². The molecule has 0 aromatic heterocycles. The highest BCUT2D eigenvalue weighted by Crippen LogP contribution is 2.29. The van der Waals surface area contributed by atoms with Crippen LogP contribution < -0.4 is 4.74 Å². The topological polar surface area (TPSA) is 86.5 Å². The van der Waals surface area contributed by atoms with E-state index in [0.29, 0.717) is 6.42 Å². The van der Waals surface area contributed by atoms with Crippen LogP contribution in [0.25, 0.3) is 0 Å². The first-order chi connectivity index (χ1) is 9.23. The van der Waals surface area contributed by atoms with Gasteiger partial charge in [-0.3, -0.25) is 10.1 Å². The van der Waals surface area contributed by atoms with Crippen molar-refractivity contribution >= 4 is 37.0 Å². The zero-order chi connectivity index (χ0) is 15.3. The van der Waals surface area contributed by atoms with Gasteiger partial charge in [-0.1, -0.05) is 18.5 Å². The molecule has 9 heteroatoms. The molecule has 1 aromatic rings. The summed E-state index contributed by atoms with van der Waals surface area (Å²) >= 11 is 5.87. The van der Waals surface area contributed by atoms with E-state index >= 15 is 0 Å². The lowest BCUT2D eigenvalue weighted by atomic mass is 10.1. The maximum absolute atomic E-state index is 11.0. The SMILES string of the molecule is CCC(COc1cc([N+](=O)[O-])ccc1Cl)CS(=O)(=O)Cl. The van der Waals surface area contributed by atoms with Crippen molar-refractivity contribution in [1.82, 2.24) is 0 Å². The van der Waals surface area contributed by atoms with E-state index in [4.69, 9.17) is 27.0 Å². The predicted molar refractivity (Wildman–Crippen MR) is 77.0 cm³/mol. The first-order valence-electron chi connectivity index (χ1n) is 5.72. The molecule has 0 amide bonds. The number of ether oxygens (including phenoxy) is 1. The van der Waals surface area contributed by atoms with E-state index in [2.05, 4.69) is 0 Å². The van der Waals surface area contributed by atoms with Gasteiger partial charge in [-0.2, -0.15) is 0 Å². The summed E-state index contributed by atoms with van der Waals surface area (Å²) in [5.41, 5.74) is -0.151. The zero-order valence-corrected chi connectivity index (χ0v) is 12.9. The lowest BCUT2D eigenvalue weighted by molar-refractivity contribution is -0.384. The van der Waals surface area contributed by atoms with E-state index < -0.39 is 14.0 Å². The van der Waals surface area contributed by atoms with E-state index in [-0.39, 0.29) is 34.7 Å². The van der Waals surface area contributed by atoms with E-state index in [1.54, 1.807) is 6.92 Å². The Morgan fingerprint density at radius 3 is 2.60 bits per heavy atom. The summed E-state index contributed by atoms with van der Waals surface area (Å²) in [5.74, 6) is -0.392. The van der Waals surface area contributed by atoms with Crippen LogP contribution in [0.1, 0.15) is 13.3 Å². The zero-order valence-electron chi connectivity index (χ0n) is 10.6. The molecule has 0 bridgehead atoms. The van der Waals surface area contributed by atoms with Gasteiger partial charge in [0.2, 0.25) is 9.05 Å². The largest absolute Gasteiger partial charge is 0.491 e. The molecular formula is C11H13Cl2NO5S. The van der Waals surface area contributed by atoms with Crippen LogP contribution in [-0.2, 0) is 9.05 Å². The number of nitro groups is 1. The highest BCUT2D eigenvalue weighted by atomic mass is 35.7. The normalized spacial score (nSPS) is 12.9. The molecule has 20 heavy (non-hydrogen) atoms. The van der Waals surface area contributed by atoms with Gasteiger partial charge in [0.05, 0.1) is 28.4 Å². The van der Waals surface area contributed by atoms with Crippen molar-refractivity contribution in [3.8, 4) is 5.75 Å². The van der Waals surface area contributed by atoms with Crippen LogP contribution in [0.15, 0.2) is 18.2 Å². The Morgan fingerprint density at radius 1 is 1.45 bits per heavy atom. The quantitative estimate of drug-likeness (QED) is 0.431. The molecule has 1 atom stereocenters. The van der Waals surface area contributed by atoms with Crippen molar-refractivity contribution in [2.45, 2.75) is 13.3 Å². The molecule has 0 fully saturated rings. The second kappa shape index (κ2) is 7.10. The summed E-state index contributed by atoms with van der Waals surface area (Å²) in [4.78, 5) is 10.1. The van der Waals surface area contributed by atoms with Gasteiger partial charge in [0.15, 0.2) is 0 Å². The molecule has 0 N–H and O–H groups in total. The molecule has 0 saturated heterocycles. The van der Waals surface area contributed by atoms with Gasteiger partial charge in [-0.25, -0.2) is 8.42 Å². The highest BCUT2D eigenvalue weighted by molar-refractivity contribution is 8.13. The third-order valence-corrected chi connectivity index (χ3v) is 4.17. The average Bonchev–Trinajstić information content (AvgIpc) is 2.34. The predicted octanol–water partition coefficient (Wildman–Crippen LogP) is 3.22. The van der Waals surface area contributed by atoms with Crippen molar-refractivity contribution in [3.05, 3.63) is 33.3 Å². The highest BCUT2D eigenvalue weighted by Gasteiger charge is 2.18. The fraction of sp³-hybridized carbons (Fsp3) is 0.455. The Bertz CT molecular complexity index is 590. The van der Waals surface area contributed by atoms with Crippen LogP contribution in [0.3, 0.4) is 0 Å². The van der Waals surface area contributed by atoms with Crippen LogP contribution in [0, 0.1) is 16.0 Å². The third kappa shape index (κ3) is 5.52. The fourth-order valence-electron chi connectivity index (χ4n) is 1.49. The number of hydrogen-bond acceptors (Lipinski definition) is 5. The number of benzene rings is 1. The molecule has 0 saturated carbocycles. The number of rotatable bonds is 7. The lowest BCUT2D eigenvalue weighted by Gasteiger charge is -2.14. The smallest absolute Gasteiger partial charge is 0.273 e. The Hall–Kier alpha value is -1.05. The fourth-order valence-corrected chi connectivity index (χ4v) is 3.09. The van der Waals surface area contributed by atoms with Crippen LogP contribution in [0.2, 0.25) is 5.02 Å². The van der Waals surface area contributed by atoms with E-state index in [0.717, 1.165) is 0 Å². The summed E-state index contributed by atoms with van der Waals surface area (Å²) in [7, 11) is 1.57. The van der Waals surface area contributed by atoms with Gasteiger partial charge in [-0.15, -0.1) is 0 Å². The first kappa shape index (κ1) is 17.0. The molecule has 1 aromatic carbocycles. The van der Waals surface area contributed by atoms with Crippen LogP contribution in [0.5, 0.6) is 5.75 Å². The minimum absolute atomic E-state index is 0.0589. The first-order valence-corrected chi connectivity index (χ1v) is 8.57. The van der Waals surface area contributed by atoms with Gasteiger partial charge in [0.1, 0.15) is 5.75 Å². The third-order valence-electron chi connectivity index (χ3n) is 2.61. The van der Waals surface area contributed by atoms with Crippen molar-refractivity contribution in [2.24, 2.45) is 5.92 Å². The number of nitro benzene ring substituents is 1. The maximum atomic E-state index is 11.0. The molecule has 112 valence electrons. The summed E-state index contributed by atoms with van der Waals surface area (Å²) in [6.45, 7) is 1.86. The van der Waals surface area contributed by atoms with Gasteiger partial charge in [0.25, 0.3) is 5.69 Å². The Labute approximate surface area is 126 Å².